The Morgan fingerprint density at radius 3 is 2.50 bits per heavy atom. The summed E-state index contributed by atoms with van der Waals surface area (Å²) in [6.07, 6.45) is 0.793. The lowest BCUT2D eigenvalue weighted by atomic mass is 10.1. The molecule has 3 N–H and O–H groups in total. The molecule has 1 aromatic heterocycles. The average molecular weight is 318 g/mol. The number of hydrogen-bond acceptors (Lipinski definition) is 5. The van der Waals surface area contributed by atoms with Crippen molar-refractivity contribution >= 4 is 23.0 Å². The van der Waals surface area contributed by atoms with E-state index in [0.717, 1.165) is 16.9 Å². The Morgan fingerprint density at radius 1 is 1.27 bits per heavy atom. The molecule has 6 heteroatoms. The van der Waals surface area contributed by atoms with Crippen molar-refractivity contribution in [3.05, 3.63) is 45.1 Å². The zero-order valence-electron chi connectivity index (χ0n) is 12.7. The van der Waals surface area contributed by atoms with Crippen LogP contribution in [0.15, 0.2) is 28.7 Å². The van der Waals surface area contributed by atoms with Gasteiger partial charge in [-0.05, 0) is 38.0 Å². The summed E-state index contributed by atoms with van der Waals surface area (Å²) in [7, 11) is 0. The number of aryl methyl sites for hydroxylation is 1. The molecule has 0 saturated heterocycles. The number of hydrazone groups is 1. The second-order valence-corrected chi connectivity index (χ2v) is 6.00. The average Bonchev–Trinajstić information content (AvgIpc) is 2.84. The van der Waals surface area contributed by atoms with Crippen LogP contribution in [0.5, 0.6) is 11.5 Å². The highest BCUT2D eigenvalue weighted by molar-refractivity contribution is 7.10. The van der Waals surface area contributed by atoms with Crippen molar-refractivity contribution in [2.45, 2.75) is 27.2 Å². The molecule has 0 spiro atoms. The SMILES string of the molecule is CCc1c(C(=O)N/N=C(\C)c2cc(O)cc(O)c2)csc1C. The van der Waals surface area contributed by atoms with Crippen molar-refractivity contribution in [3.63, 3.8) is 0 Å². The van der Waals surface area contributed by atoms with Gasteiger partial charge in [-0.3, -0.25) is 4.79 Å². The zero-order chi connectivity index (χ0) is 16.3. The molecule has 0 bridgehead atoms. The van der Waals surface area contributed by atoms with Gasteiger partial charge in [-0.25, -0.2) is 5.43 Å². The summed E-state index contributed by atoms with van der Waals surface area (Å²) in [6.45, 7) is 5.69. The van der Waals surface area contributed by atoms with Crippen molar-refractivity contribution in [3.8, 4) is 11.5 Å². The molecule has 0 aliphatic rings. The third-order valence-electron chi connectivity index (χ3n) is 3.35. The molecule has 0 fully saturated rings. The standard InChI is InChI=1S/C16H18N2O3S/c1-4-14-10(3)22-8-15(14)16(21)18-17-9(2)11-5-12(19)7-13(20)6-11/h5-8,19-20H,4H2,1-3H3,(H,18,21)/b17-9+. The Bertz CT molecular complexity index is 715. The van der Waals surface area contributed by atoms with Crippen molar-refractivity contribution in [1.82, 2.24) is 5.43 Å². The normalized spacial score (nSPS) is 11.5. The number of hydrogen-bond donors (Lipinski definition) is 3. The Balaban J connectivity index is 2.18. The predicted octanol–water partition coefficient (Wildman–Crippen LogP) is 3.18. The molecule has 0 saturated carbocycles. The van der Waals surface area contributed by atoms with Gasteiger partial charge in [0.25, 0.3) is 5.91 Å². The topological polar surface area (TPSA) is 81.9 Å². The van der Waals surface area contributed by atoms with Gasteiger partial charge in [0, 0.05) is 21.9 Å². The molecule has 0 unspecified atom stereocenters. The number of aromatic hydroxyl groups is 2. The fourth-order valence-corrected chi connectivity index (χ4v) is 3.11. The number of carbonyl (C=O) groups excluding carboxylic acids is 1. The summed E-state index contributed by atoms with van der Waals surface area (Å²) in [4.78, 5) is 13.3. The van der Waals surface area contributed by atoms with E-state index in [1.807, 2.05) is 19.2 Å². The van der Waals surface area contributed by atoms with Gasteiger partial charge in [-0.2, -0.15) is 5.10 Å². The minimum absolute atomic E-state index is 0.0578. The van der Waals surface area contributed by atoms with Crippen molar-refractivity contribution in [2.75, 3.05) is 0 Å². The number of carbonyl (C=O) groups is 1. The number of rotatable bonds is 4. The van der Waals surface area contributed by atoms with E-state index >= 15 is 0 Å². The molecule has 22 heavy (non-hydrogen) atoms. The smallest absolute Gasteiger partial charge is 0.272 e. The molecule has 0 aliphatic carbocycles. The van der Waals surface area contributed by atoms with E-state index in [0.29, 0.717) is 16.8 Å². The van der Waals surface area contributed by atoms with Crippen molar-refractivity contribution in [2.24, 2.45) is 5.10 Å². The van der Waals surface area contributed by atoms with E-state index in [9.17, 15) is 15.0 Å². The van der Waals surface area contributed by atoms with Crippen LogP contribution in [0.3, 0.4) is 0 Å². The van der Waals surface area contributed by atoms with Crippen LogP contribution in [0.1, 0.15) is 40.2 Å². The highest BCUT2D eigenvalue weighted by atomic mass is 32.1. The highest BCUT2D eigenvalue weighted by Crippen LogP contribution is 2.23. The van der Waals surface area contributed by atoms with Crippen LogP contribution < -0.4 is 5.43 Å². The lowest BCUT2D eigenvalue weighted by Crippen LogP contribution is -2.20. The number of phenols is 2. The van der Waals surface area contributed by atoms with E-state index in [-0.39, 0.29) is 17.4 Å². The van der Waals surface area contributed by atoms with Gasteiger partial charge in [-0.15, -0.1) is 11.3 Å². The number of thiophene rings is 1. The second-order valence-electron chi connectivity index (χ2n) is 4.91. The molecule has 0 radical (unpaired) electrons. The quantitative estimate of drug-likeness (QED) is 0.598. The maximum Gasteiger partial charge on any atom is 0.272 e. The number of phenolic OH excluding ortho intramolecular Hbond substituents is 2. The third kappa shape index (κ3) is 3.46. The number of nitrogens with one attached hydrogen (secondary N) is 1. The maximum absolute atomic E-state index is 12.2. The lowest BCUT2D eigenvalue weighted by Gasteiger charge is -2.05. The lowest BCUT2D eigenvalue weighted by molar-refractivity contribution is 0.0954. The van der Waals surface area contributed by atoms with Crippen molar-refractivity contribution in [1.29, 1.82) is 0 Å². The van der Waals surface area contributed by atoms with Crippen LogP contribution in [-0.4, -0.2) is 21.8 Å². The molecule has 5 nitrogen and oxygen atoms in total. The van der Waals surface area contributed by atoms with Gasteiger partial charge < -0.3 is 10.2 Å². The summed E-state index contributed by atoms with van der Waals surface area (Å²) in [5.41, 5.74) is 5.22. The van der Waals surface area contributed by atoms with Gasteiger partial charge in [0.15, 0.2) is 0 Å². The molecule has 1 aromatic carbocycles. The Labute approximate surface area is 132 Å². The molecular weight excluding hydrogens is 300 g/mol. The van der Waals surface area contributed by atoms with Crippen LogP contribution in [0.4, 0.5) is 0 Å². The van der Waals surface area contributed by atoms with E-state index < -0.39 is 0 Å². The first-order valence-electron chi connectivity index (χ1n) is 6.87. The minimum atomic E-state index is -0.259. The Kier molecular flexibility index (Phi) is 4.82. The third-order valence-corrected chi connectivity index (χ3v) is 4.30. The summed E-state index contributed by atoms with van der Waals surface area (Å²) in [6, 6.07) is 4.17. The van der Waals surface area contributed by atoms with Crippen LogP contribution in [0.25, 0.3) is 0 Å². The van der Waals surface area contributed by atoms with Crippen molar-refractivity contribution < 1.29 is 15.0 Å². The molecule has 2 aromatic rings. The minimum Gasteiger partial charge on any atom is -0.508 e. The van der Waals surface area contributed by atoms with E-state index in [2.05, 4.69) is 10.5 Å². The van der Waals surface area contributed by atoms with Gasteiger partial charge >= 0.3 is 0 Å². The fourth-order valence-electron chi connectivity index (χ4n) is 2.17. The zero-order valence-corrected chi connectivity index (χ0v) is 13.5. The summed E-state index contributed by atoms with van der Waals surface area (Å²) < 4.78 is 0. The number of benzene rings is 1. The predicted molar refractivity (Wildman–Crippen MR) is 87.9 cm³/mol. The first-order valence-corrected chi connectivity index (χ1v) is 7.75. The molecule has 0 atom stereocenters. The number of amides is 1. The van der Waals surface area contributed by atoms with Crippen LogP contribution in [0, 0.1) is 6.92 Å². The maximum atomic E-state index is 12.2. The van der Waals surface area contributed by atoms with E-state index in [1.165, 1.54) is 18.2 Å². The monoisotopic (exact) mass is 318 g/mol. The molecular formula is C16H18N2O3S. The second kappa shape index (κ2) is 6.62. The fraction of sp³-hybridized carbons (Fsp3) is 0.250. The summed E-state index contributed by atoms with van der Waals surface area (Å²) in [5.74, 6) is -0.375. The largest absolute Gasteiger partial charge is 0.508 e. The van der Waals surface area contributed by atoms with E-state index in [4.69, 9.17) is 0 Å². The molecule has 116 valence electrons. The first-order chi connectivity index (χ1) is 10.4. The molecule has 0 aliphatic heterocycles. The molecule has 1 heterocycles. The van der Waals surface area contributed by atoms with Crippen LogP contribution in [-0.2, 0) is 6.42 Å². The summed E-state index contributed by atoms with van der Waals surface area (Å²) in [5, 5.41) is 24.8. The number of nitrogens with zero attached hydrogens (tertiary/aromatic N) is 1. The molecule has 2 rings (SSSR count). The highest BCUT2D eigenvalue weighted by Gasteiger charge is 2.14. The van der Waals surface area contributed by atoms with E-state index in [1.54, 1.807) is 18.3 Å². The van der Waals surface area contributed by atoms with Gasteiger partial charge in [-0.1, -0.05) is 6.92 Å². The summed E-state index contributed by atoms with van der Waals surface area (Å²) >= 11 is 1.54. The first kappa shape index (κ1) is 16.0. The Hall–Kier alpha value is -2.34. The van der Waals surface area contributed by atoms with Gasteiger partial charge in [0.2, 0.25) is 0 Å². The molecule has 1 amide bonds. The van der Waals surface area contributed by atoms with Gasteiger partial charge in [0.05, 0.1) is 11.3 Å². The Morgan fingerprint density at radius 2 is 1.91 bits per heavy atom. The van der Waals surface area contributed by atoms with Gasteiger partial charge in [0.1, 0.15) is 11.5 Å². The van der Waals surface area contributed by atoms with Crippen LogP contribution >= 0.6 is 11.3 Å². The van der Waals surface area contributed by atoms with Crippen LogP contribution in [0.2, 0.25) is 0 Å².